The Morgan fingerprint density at radius 1 is 1.69 bits per heavy atom. The molecule has 0 aromatic carbocycles. The lowest BCUT2D eigenvalue weighted by Crippen LogP contribution is -2.15. The van der Waals surface area contributed by atoms with Crippen LogP contribution in [0.1, 0.15) is 17.4 Å². The maximum Gasteiger partial charge on any atom is 0.269 e. The van der Waals surface area contributed by atoms with Crippen LogP contribution in [0.15, 0.2) is 9.90 Å². The van der Waals surface area contributed by atoms with Gasteiger partial charge in [0, 0.05) is 0 Å². The summed E-state index contributed by atoms with van der Waals surface area (Å²) in [7, 11) is 0. The van der Waals surface area contributed by atoms with Crippen molar-refractivity contribution in [2.75, 3.05) is 6.61 Å². The number of nitrogens with zero attached hydrogens (tertiary/aromatic N) is 2. The highest BCUT2D eigenvalue weighted by Crippen LogP contribution is 2.35. The molecule has 2 aromatic rings. The van der Waals surface area contributed by atoms with E-state index in [2.05, 4.69) is 10.1 Å². The molecule has 0 aliphatic heterocycles. The number of rotatable bonds is 3. The van der Waals surface area contributed by atoms with E-state index in [1.165, 1.54) is 11.3 Å². The van der Waals surface area contributed by atoms with Crippen LogP contribution in [0.5, 0.6) is 0 Å². The van der Waals surface area contributed by atoms with E-state index >= 15 is 0 Å². The number of aliphatic hydroxyl groups excluding tert-OH is 1. The second kappa shape index (κ2) is 4.50. The molecule has 0 saturated carbocycles. The van der Waals surface area contributed by atoms with Gasteiger partial charge in [0.25, 0.3) is 5.89 Å². The normalized spacial score (nSPS) is 13.0. The zero-order chi connectivity index (χ0) is 11.7. The van der Waals surface area contributed by atoms with Gasteiger partial charge in [0.15, 0.2) is 5.82 Å². The molecular weight excluding hydrogens is 250 g/mol. The van der Waals surface area contributed by atoms with Gasteiger partial charge in [-0.3, -0.25) is 0 Å². The van der Waals surface area contributed by atoms with E-state index in [9.17, 15) is 0 Å². The molecule has 1 atom stereocenters. The zero-order valence-electron chi connectivity index (χ0n) is 8.48. The molecule has 7 heteroatoms. The lowest BCUT2D eigenvalue weighted by Gasteiger charge is -1.98. The fourth-order valence-electron chi connectivity index (χ4n) is 1.13. The first-order valence-corrected chi connectivity index (χ1v) is 5.83. The molecule has 1 unspecified atom stereocenters. The number of aryl methyl sites for hydroxylation is 1. The minimum absolute atomic E-state index is 0.226. The molecular formula is C9H10ClN3O2S. The van der Waals surface area contributed by atoms with Gasteiger partial charge in [0.2, 0.25) is 0 Å². The van der Waals surface area contributed by atoms with Crippen LogP contribution in [-0.2, 0) is 0 Å². The Bertz CT molecular complexity index is 497. The average Bonchev–Trinajstić information content (AvgIpc) is 2.87. The van der Waals surface area contributed by atoms with Crippen LogP contribution in [0, 0.1) is 6.92 Å². The molecule has 3 N–H and O–H groups in total. The van der Waals surface area contributed by atoms with Gasteiger partial charge < -0.3 is 15.4 Å². The third-order valence-electron chi connectivity index (χ3n) is 2.06. The molecule has 0 spiro atoms. The lowest BCUT2D eigenvalue weighted by molar-refractivity contribution is 0.260. The molecule has 0 aliphatic rings. The highest BCUT2D eigenvalue weighted by atomic mass is 35.5. The number of hydrogen-bond acceptors (Lipinski definition) is 6. The smallest absolute Gasteiger partial charge is 0.269 e. The summed E-state index contributed by atoms with van der Waals surface area (Å²) in [5, 5.41) is 15.1. The summed E-state index contributed by atoms with van der Waals surface area (Å²) < 4.78 is 5.04. The van der Waals surface area contributed by atoms with E-state index in [1.807, 2.05) is 12.3 Å². The summed E-state index contributed by atoms with van der Waals surface area (Å²) >= 11 is 7.50. The Balaban J connectivity index is 2.35. The van der Waals surface area contributed by atoms with E-state index in [1.54, 1.807) is 0 Å². The monoisotopic (exact) mass is 259 g/mol. The van der Waals surface area contributed by atoms with Crippen molar-refractivity contribution in [2.24, 2.45) is 5.73 Å². The maximum absolute atomic E-state index is 8.86. The third-order valence-corrected chi connectivity index (χ3v) is 3.75. The quantitative estimate of drug-likeness (QED) is 0.877. The molecule has 0 radical (unpaired) electrons. The second-order valence-corrected chi connectivity index (χ2v) is 4.57. The molecule has 5 nitrogen and oxygen atoms in total. The summed E-state index contributed by atoms with van der Waals surface area (Å²) in [6, 6.07) is -0.627. The van der Waals surface area contributed by atoms with Gasteiger partial charge in [0.05, 0.1) is 17.7 Å². The molecule has 86 valence electrons. The number of aromatic nitrogens is 2. The molecule has 0 aliphatic carbocycles. The van der Waals surface area contributed by atoms with Crippen molar-refractivity contribution in [3.63, 3.8) is 0 Å². The van der Waals surface area contributed by atoms with E-state index in [-0.39, 0.29) is 12.4 Å². The number of halogens is 1. The van der Waals surface area contributed by atoms with Crippen molar-refractivity contribution in [3.8, 4) is 10.8 Å². The molecule has 0 bridgehead atoms. The van der Waals surface area contributed by atoms with Crippen molar-refractivity contribution >= 4 is 22.9 Å². The van der Waals surface area contributed by atoms with E-state index < -0.39 is 6.04 Å². The Labute approximate surface area is 101 Å². The van der Waals surface area contributed by atoms with Crippen molar-refractivity contribution < 1.29 is 9.63 Å². The molecule has 16 heavy (non-hydrogen) atoms. The van der Waals surface area contributed by atoms with Crippen LogP contribution in [0.4, 0.5) is 0 Å². The standard InChI is InChI=1S/C9H10ClN3O2S/c1-4-3-16-7(6(4)10)9-12-8(13-15-9)5(11)2-14/h3,5,14H,2,11H2,1H3. The van der Waals surface area contributed by atoms with Crippen LogP contribution < -0.4 is 5.73 Å². The molecule has 2 heterocycles. The predicted octanol–water partition coefficient (Wildman–Crippen LogP) is 1.75. The highest BCUT2D eigenvalue weighted by Gasteiger charge is 2.18. The SMILES string of the molecule is Cc1csc(-c2nc(C(N)CO)no2)c1Cl. The first-order valence-electron chi connectivity index (χ1n) is 4.57. The van der Waals surface area contributed by atoms with E-state index in [0.29, 0.717) is 10.9 Å². The van der Waals surface area contributed by atoms with Crippen molar-refractivity contribution in [3.05, 3.63) is 21.8 Å². The molecule has 2 rings (SSSR count). The first-order chi connectivity index (χ1) is 7.63. The number of nitrogens with two attached hydrogens (primary N) is 1. The molecule has 0 fully saturated rings. The molecule has 0 amide bonds. The Morgan fingerprint density at radius 2 is 2.44 bits per heavy atom. The number of aliphatic hydroxyl groups is 1. The summed E-state index contributed by atoms with van der Waals surface area (Å²) in [6.07, 6.45) is 0. The minimum atomic E-state index is -0.627. The lowest BCUT2D eigenvalue weighted by atomic mass is 10.3. The zero-order valence-corrected chi connectivity index (χ0v) is 10.0. The van der Waals surface area contributed by atoms with Gasteiger partial charge in [-0.15, -0.1) is 11.3 Å². The summed E-state index contributed by atoms with van der Waals surface area (Å²) in [6.45, 7) is 1.68. The van der Waals surface area contributed by atoms with Crippen LogP contribution in [0.25, 0.3) is 10.8 Å². The van der Waals surface area contributed by atoms with Gasteiger partial charge in [-0.05, 0) is 17.9 Å². The number of hydrogen-bond donors (Lipinski definition) is 2. The Hall–Kier alpha value is -0.950. The summed E-state index contributed by atoms with van der Waals surface area (Å²) in [5.41, 5.74) is 6.53. The molecule has 2 aromatic heterocycles. The van der Waals surface area contributed by atoms with Crippen LogP contribution in [0.3, 0.4) is 0 Å². The van der Waals surface area contributed by atoms with Crippen molar-refractivity contribution in [1.29, 1.82) is 0 Å². The van der Waals surface area contributed by atoms with E-state index in [0.717, 1.165) is 10.4 Å². The predicted molar refractivity (Wildman–Crippen MR) is 61.4 cm³/mol. The minimum Gasteiger partial charge on any atom is -0.394 e. The van der Waals surface area contributed by atoms with Crippen LogP contribution in [-0.4, -0.2) is 21.9 Å². The van der Waals surface area contributed by atoms with Gasteiger partial charge >= 0.3 is 0 Å². The van der Waals surface area contributed by atoms with Gasteiger partial charge in [-0.2, -0.15) is 4.98 Å². The van der Waals surface area contributed by atoms with Gasteiger partial charge in [0.1, 0.15) is 4.88 Å². The highest BCUT2D eigenvalue weighted by molar-refractivity contribution is 7.14. The fraction of sp³-hybridized carbons (Fsp3) is 0.333. The maximum atomic E-state index is 8.86. The van der Waals surface area contributed by atoms with E-state index in [4.69, 9.17) is 27.0 Å². The Kier molecular flexibility index (Phi) is 3.25. The third kappa shape index (κ3) is 1.97. The average molecular weight is 260 g/mol. The first kappa shape index (κ1) is 11.5. The van der Waals surface area contributed by atoms with Gasteiger partial charge in [-0.1, -0.05) is 16.8 Å². The largest absolute Gasteiger partial charge is 0.394 e. The topological polar surface area (TPSA) is 85.2 Å². The van der Waals surface area contributed by atoms with Crippen LogP contribution in [0.2, 0.25) is 5.02 Å². The fourth-order valence-corrected chi connectivity index (χ4v) is 2.33. The summed E-state index contributed by atoms with van der Waals surface area (Å²) in [5.74, 6) is 0.613. The molecule has 0 saturated heterocycles. The summed E-state index contributed by atoms with van der Waals surface area (Å²) in [4.78, 5) is 4.81. The second-order valence-electron chi connectivity index (χ2n) is 3.31. The Morgan fingerprint density at radius 3 is 3.00 bits per heavy atom. The number of thiophene rings is 1. The van der Waals surface area contributed by atoms with Crippen molar-refractivity contribution in [2.45, 2.75) is 13.0 Å². The van der Waals surface area contributed by atoms with Gasteiger partial charge in [-0.25, -0.2) is 0 Å². The van der Waals surface area contributed by atoms with Crippen molar-refractivity contribution in [1.82, 2.24) is 10.1 Å². The van der Waals surface area contributed by atoms with Crippen LogP contribution >= 0.6 is 22.9 Å².